The van der Waals surface area contributed by atoms with Crippen molar-refractivity contribution in [2.24, 2.45) is 0 Å². The molecule has 0 saturated carbocycles. The van der Waals surface area contributed by atoms with Crippen molar-refractivity contribution < 1.29 is 0 Å². The Balaban J connectivity index is 1.19. The lowest BCUT2D eigenvalue weighted by Crippen LogP contribution is -2.01. The van der Waals surface area contributed by atoms with E-state index < -0.39 is 0 Å². The molecule has 0 aliphatic carbocycles. The molecule has 5 heteroatoms. The maximum absolute atomic E-state index is 5.09. The molecule has 8 aromatic carbocycles. The number of rotatable bonds is 5. The molecule has 0 N–H and O–H groups in total. The van der Waals surface area contributed by atoms with E-state index in [1.807, 2.05) is 60.7 Å². The van der Waals surface area contributed by atoms with Gasteiger partial charge in [-0.1, -0.05) is 146 Å². The summed E-state index contributed by atoms with van der Waals surface area (Å²) in [5.74, 6) is 1.92. The Morgan fingerprint density at radius 3 is 1.48 bits per heavy atom. The number of benzene rings is 8. The van der Waals surface area contributed by atoms with E-state index in [1.54, 1.807) is 0 Å². The van der Waals surface area contributed by atoms with Gasteiger partial charge in [-0.3, -0.25) is 0 Å². The lowest BCUT2D eigenvalue weighted by atomic mass is 9.98. The summed E-state index contributed by atoms with van der Waals surface area (Å²) < 4.78 is 4.93. The summed E-state index contributed by atoms with van der Waals surface area (Å²) in [5, 5.41) is 7.46. The highest BCUT2D eigenvalue weighted by Crippen LogP contribution is 2.46. The van der Waals surface area contributed by atoms with Crippen LogP contribution in [0, 0.1) is 0 Å². The molecule has 12 aromatic rings. The molecule has 0 radical (unpaired) electrons. The highest BCUT2D eigenvalue weighted by atomic mass is 15.0. The molecular formula is C51H31N5. The molecule has 0 amide bonds. The van der Waals surface area contributed by atoms with Crippen LogP contribution in [0.25, 0.3) is 111 Å². The number of nitrogens with zero attached hydrogens (tertiary/aromatic N) is 5. The average molecular weight is 714 g/mol. The fourth-order valence-electron chi connectivity index (χ4n) is 8.83. The maximum Gasteiger partial charge on any atom is 0.164 e. The van der Waals surface area contributed by atoms with Gasteiger partial charge in [0.1, 0.15) is 0 Å². The van der Waals surface area contributed by atoms with Crippen LogP contribution in [0.5, 0.6) is 0 Å². The molecule has 0 spiro atoms. The molecule has 56 heavy (non-hydrogen) atoms. The van der Waals surface area contributed by atoms with Crippen molar-refractivity contribution in [3.05, 3.63) is 188 Å². The van der Waals surface area contributed by atoms with E-state index in [0.29, 0.717) is 17.5 Å². The van der Waals surface area contributed by atoms with E-state index >= 15 is 0 Å². The summed E-state index contributed by atoms with van der Waals surface area (Å²) >= 11 is 0. The van der Waals surface area contributed by atoms with E-state index in [4.69, 9.17) is 15.0 Å². The van der Waals surface area contributed by atoms with Crippen molar-refractivity contribution >= 4 is 59.9 Å². The van der Waals surface area contributed by atoms with E-state index in [9.17, 15) is 0 Å². The molecule has 5 nitrogen and oxygen atoms in total. The van der Waals surface area contributed by atoms with Crippen molar-refractivity contribution in [3.63, 3.8) is 0 Å². The normalized spacial score (nSPS) is 11.9. The van der Waals surface area contributed by atoms with Gasteiger partial charge in [-0.05, 0) is 59.0 Å². The predicted octanol–water partition coefficient (Wildman–Crippen LogP) is 12.8. The van der Waals surface area contributed by atoms with Crippen LogP contribution in [-0.4, -0.2) is 23.9 Å². The number of para-hydroxylation sites is 2. The molecule has 0 fully saturated rings. The number of hydrogen-bond acceptors (Lipinski definition) is 3. The largest absolute Gasteiger partial charge is 0.309 e. The van der Waals surface area contributed by atoms with E-state index in [-0.39, 0.29) is 0 Å². The van der Waals surface area contributed by atoms with Crippen LogP contribution in [0.4, 0.5) is 0 Å². The fourth-order valence-corrected chi connectivity index (χ4v) is 8.83. The van der Waals surface area contributed by atoms with Crippen molar-refractivity contribution in [3.8, 4) is 51.0 Å². The van der Waals surface area contributed by atoms with Gasteiger partial charge in [-0.15, -0.1) is 0 Å². The van der Waals surface area contributed by atoms with Crippen LogP contribution >= 0.6 is 0 Å². The minimum Gasteiger partial charge on any atom is -0.309 e. The fraction of sp³-hybridized carbons (Fsp3) is 0. The molecule has 260 valence electrons. The first-order chi connectivity index (χ1) is 27.8. The molecule has 0 aliphatic rings. The third kappa shape index (κ3) is 4.52. The van der Waals surface area contributed by atoms with Crippen LogP contribution in [0.3, 0.4) is 0 Å². The van der Waals surface area contributed by atoms with E-state index in [2.05, 4.69) is 136 Å². The molecule has 4 heterocycles. The third-order valence-corrected chi connectivity index (χ3v) is 11.3. The first kappa shape index (κ1) is 30.8. The highest BCUT2D eigenvalue weighted by Gasteiger charge is 2.24. The minimum absolute atomic E-state index is 0.628. The first-order valence-electron chi connectivity index (χ1n) is 19.0. The van der Waals surface area contributed by atoms with Gasteiger partial charge in [-0.25, -0.2) is 15.0 Å². The topological polar surface area (TPSA) is 48.0 Å². The summed E-state index contributed by atoms with van der Waals surface area (Å²) in [4.78, 5) is 15.1. The van der Waals surface area contributed by atoms with Crippen LogP contribution in [0.2, 0.25) is 0 Å². The Kier molecular flexibility index (Phi) is 6.56. The zero-order valence-corrected chi connectivity index (χ0v) is 30.1. The Hall–Kier alpha value is -7.63. The molecule has 4 aromatic heterocycles. The predicted molar refractivity (Wildman–Crippen MR) is 231 cm³/mol. The molecule has 12 rings (SSSR count). The van der Waals surface area contributed by atoms with Gasteiger partial charge < -0.3 is 8.97 Å². The molecule has 0 saturated heterocycles. The summed E-state index contributed by atoms with van der Waals surface area (Å²) in [5.41, 5.74) is 12.1. The molecule has 0 atom stereocenters. The summed E-state index contributed by atoms with van der Waals surface area (Å²) in [6.45, 7) is 0. The number of hydrogen-bond donors (Lipinski definition) is 0. The highest BCUT2D eigenvalue weighted by molar-refractivity contribution is 6.33. The minimum atomic E-state index is 0.628. The number of aromatic nitrogens is 5. The van der Waals surface area contributed by atoms with Crippen LogP contribution in [0.1, 0.15) is 0 Å². The van der Waals surface area contributed by atoms with Crippen molar-refractivity contribution in [1.29, 1.82) is 0 Å². The lowest BCUT2D eigenvalue weighted by Gasteiger charge is -2.13. The second-order valence-corrected chi connectivity index (χ2v) is 14.4. The second kappa shape index (κ2) is 11.9. The smallest absolute Gasteiger partial charge is 0.164 e. The van der Waals surface area contributed by atoms with Gasteiger partial charge in [0, 0.05) is 49.3 Å². The monoisotopic (exact) mass is 713 g/mol. The first-order valence-corrected chi connectivity index (χ1v) is 19.0. The zero-order chi connectivity index (χ0) is 36.7. The average Bonchev–Trinajstić information content (AvgIpc) is 3.75. The van der Waals surface area contributed by atoms with Gasteiger partial charge in [0.25, 0.3) is 0 Å². The molecular weight excluding hydrogens is 683 g/mol. The number of fused-ring (bicyclic) bond motifs is 6. The van der Waals surface area contributed by atoms with Gasteiger partial charge >= 0.3 is 0 Å². The quantitative estimate of drug-likeness (QED) is 0.178. The summed E-state index contributed by atoms with van der Waals surface area (Å²) in [6.07, 6.45) is 0. The van der Waals surface area contributed by atoms with Crippen LogP contribution in [-0.2, 0) is 0 Å². The SMILES string of the molecule is c1ccc(-c2cc3c4ccccc4n4c5ccccc5c5ccc6c(c3c(c2)n6-c2cccc(-c3nc(-c6ccccc6)nc(-c6ccccc6)n3)c2)c54)cc1. The third-order valence-electron chi connectivity index (χ3n) is 11.3. The Bertz CT molecular complexity index is 3400. The summed E-state index contributed by atoms with van der Waals surface area (Å²) in [7, 11) is 0. The zero-order valence-electron chi connectivity index (χ0n) is 30.1. The van der Waals surface area contributed by atoms with E-state index in [0.717, 1.165) is 33.4 Å². The Labute approximate surface area is 321 Å². The van der Waals surface area contributed by atoms with E-state index in [1.165, 1.54) is 60.0 Å². The van der Waals surface area contributed by atoms with Crippen LogP contribution < -0.4 is 0 Å². The summed E-state index contributed by atoms with van der Waals surface area (Å²) in [6, 6.07) is 66.7. The maximum atomic E-state index is 5.09. The van der Waals surface area contributed by atoms with Gasteiger partial charge in [0.05, 0.1) is 27.6 Å². The standard InChI is InChI=1S/C51H31N5/c1-4-15-32(16-5-1)36-30-41-39-24-11-13-26-43(39)56-42-25-12-10-23-38(42)40-27-28-44-47(48(40)56)46(41)45(31-36)55(44)37-22-14-21-35(29-37)51-53-49(33-17-6-2-7-18-33)52-50(54-51)34-19-8-3-9-20-34/h1-31H. The van der Waals surface area contributed by atoms with Gasteiger partial charge in [-0.2, -0.15) is 0 Å². The van der Waals surface area contributed by atoms with Crippen LogP contribution in [0.15, 0.2) is 188 Å². The Morgan fingerprint density at radius 2 is 0.839 bits per heavy atom. The van der Waals surface area contributed by atoms with Gasteiger partial charge in [0.2, 0.25) is 0 Å². The van der Waals surface area contributed by atoms with Gasteiger partial charge in [0.15, 0.2) is 17.5 Å². The Morgan fingerprint density at radius 1 is 0.304 bits per heavy atom. The van der Waals surface area contributed by atoms with Crippen molar-refractivity contribution in [2.75, 3.05) is 0 Å². The molecule has 0 unspecified atom stereocenters. The lowest BCUT2D eigenvalue weighted by molar-refractivity contribution is 1.07. The second-order valence-electron chi connectivity index (χ2n) is 14.4. The van der Waals surface area contributed by atoms with Crippen molar-refractivity contribution in [2.45, 2.75) is 0 Å². The molecule has 0 bridgehead atoms. The molecule has 0 aliphatic heterocycles. The van der Waals surface area contributed by atoms with Crippen molar-refractivity contribution in [1.82, 2.24) is 23.9 Å².